The number of hydrogen-bond donors (Lipinski definition) is 1. The molecule has 0 radical (unpaired) electrons. The van der Waals surface area contributed by atoms with Crippen LogP contribution in [0.15, 0.2) is 58.9 Å². The molecule has 3 aromatic rings. The molecule has 2 heterocycles. The van der Waals surface area contributed by atoms with Gasteiger partial charge in [-0.1, -0.05) is 24.3 Å². The van der Waals surface area contributed by atoms with E-state index in [0.717, 1.165) is 23.0 Å². The highest BCUT2D eigenvalue weighted by atomic mass is 32.1. The Morgan fingerprint density at radius 3 is 2.42 bits per heavy atom. The van der Waals surface area contributed by atoms with Crippen LogP contribution in [0.25, 0.3) is 17.5 Å². The number of allylic oxidation sites excluding steroid dienone is 1. The Bertz CT molecular complexity index is 1710. The minimum atomic E-state index is -1.13. The lowest BCUT2D eigenvalue weighted by Gasteiger charge is -2.24. The Morgan fingerprint density at radius 1 is 1.17 bits per heavy atom. The van der Waals surface area contributed by atoms with Gasteiger partial charge in [0.05, 0.1) is 44.6 Å². The summed E-state index contributed by atoms with van der Waals surface area (Å²) >= 11 is 0.878. The summed E-state index contributed by atoms with van der Waals surface area (Å²) in [5.74, 6) is -2.23. The van der Waals surface area contributed by atoms with E-state index >= 15 is 0 Å². The maximum Gasteiger partial charge on any atom is 0.337 e. The van der Waals surface area contributed by atoms with Crippen molar-refractivity contribution < 1.29 is 19.4 Å². The smallest absolute Gasteiger partial charge is 0.337 e. The van der Waals surface area contributed by atoms with E-state index in [1.165, 1.54) is 48.5 Å². The fraction of sp³-hybridized carbons (Fsp3) is 0.0870. The van der Waals surface area contributed by atoms with Crippen molar-refractivity contribution in [3.05, 3.63) is 105 Å². The zero-order chi connectivity index (χ0) is 26.1. The lowest BCUT2D eigenvalue weighted by molar-refractivity contribution is -0.385. The molecule has 13 heteroatoms. The van der Waals surface area contributed by atoms with Crippen molar-refractivity contribution in [1.29, 1.82) is 5.26 Å². The molecule has 1 aliphatic rings. The number of benzene rings is 2. The average Bonchev–Trinajstić information content (AvgIpc) is 3.19. The van der Waals surface area contributed by atoms with Crippen molar-refractivity contribution in [3.8, 4) is 6.07 Å². The lowest BCUT2D eigenvalue weighted by Crippen LogP contribution is -2.40. The third-order valence-corrected chi connectivity index (χ3v) is 6.58. The van der Waals surface area contributed by atoms with E-state index in [-0.39, 0.29) is 43.1 Å². The number of ether oxygens (including phenoxy) is 1. The zero-order valence-corrected chi connectivity index (χ0v) is 19.2. The normalized spacial score (nSPS) is 15.3. The van der Waals surface area contributed by atoms with Crippen LogP contribution in [-0.4, -0.2) is 27.5 Å². The summed E-state index contributed by atoms with van der Waals surface area (Å²) in [5, 5.41) is 32.3. The number of fused-ring (bicyclic) bond motifs is 1. The van der Waals surface area contributed by atoms with E-state index in [2.05, 4.69) is 0 Å². The van der Waals surface area contributed by atoms with Crippen LogP contribution in [0.2, 0.25) is 0 Å². The van der Waals surface area contributed by atoms with Crippen LogP contribution in [0.4, 0.5) is 11.4 Å². The number of thiazole rings is 1. The first kappa shape index (κ1) is 24.0. The number of nitriles is 1. The Balaban J connectivity index is 2.08. The summed E-state index contributed by atoms with van der Waals surface area (Å²) in [5.41, 5.74) is 5.48. The van der Waals surface area contributed by atoms with E-state index in [1.807, 2.05) is 6.07 Å². The van der Waals surface area contributed by atoms with Crippen LogP contribution >= 0.6 is 11.3 Å². The van der Waals surface area contributed by atoms with E-state index in [9.17, 15) is 35.1 Å². The Morgan fingerprint density at radius 2 is 1.81 bits per heavy atom. The molecule has 1 aromatic heterocycles. The van der Waals surface area contributed by atoms with Crippen molar-refractivity contribution in [3.63, 3.8) is 0 Å². The van der Waals surface area contributed by atoms with Crippen LogP contribution in [-0.2, 0) is 9.53 Å². The van der Waals surface area contributed by atoms with E-state index < -0.39 is 27.3 Å². The number of non-ortho nitro benzene ring substituents is 2. The van der Waals surface area contributed by atoms with Gasteiger partial charge in [0.1, 0.15) is 10.5 Å². The second-order valence-electron chi connectivity index (χ2n) is 7.51. The van der Waals surface area contributed by atoms with Crippen molar-refractivity contribution in [2.75, 3.05) is 7.11 Å². The number of carbonyl (C=O) groups is 1. The van der Waals surface area contributed by atoms with Crippen LogP contribution in [0.1, 0.15) is 17.0 Å². The summed E-state index contributed by atoms with van der Waals surface area (Å²) in [6, 6.07) is 12.9. The van der Waals surface area contributed by atoms with E-state index in [1.54, 1.807) is 6.07 Å². The van der Waals surface area contributed by atoms with Gasteiger partial charge in [-0.2, -0.15) is 5.26 Å². The van der Waals surface area contributed by atoms with Gasteiger partial charge in [-0.15, -0.1) is 11.3 Å². The first-order chi connectivity index (χ1) is 17.2. The number of aromatic nitrogens is 1. The standard InChI is InChI=1S/C23H15N5O7S/c1-35-23(30)19-18(13-5-3-7-15(10-13)28(33)34)16(11-24)20(25)26-21(29)17(36-22(19)26)9-12-4-2-6-14(8-12)27(31)32/h2-10,18H,25H2,1H3/b17-9+/t18-/m0/s1. The summed E-state index contributed by atoms with van der Waals surface area (Å²) in [4.78, 5) is 47.5. The number of methoxy groups -OCH3 is 1. The summed E-state index contributed by atoms with van der Waals surface area (Å²) in [7, 11) is 1.12. The summed E-state index contributed by atoms with van der Waals surface area (Å²) in [6.07, 6.45) is 1.40. The Hall–Kier alpha value is -5.09. The van der Waals surface area contributed by atoms with Gasteiger partial charge in [0.2, 0.25) is 0 Å². The second-order valence-corrected chi connectivity index (χ2v) is 8.54. The highest BCUT2D eigenvalue weighted by molar-refractivity contribution is 7.07. The molecule has 0 spiro atoms. The summed E-state index contributed by atoms with van der Waals surface area (Å²) < 4.78 is 6.11. The number of rotatable bonds is 5. The molecule has 12 nitrogen and oxygen atoms in total. The van der Waals surface area contributed by atoms with Gasteiger partial charge >= 0.3 is 5.97 Å². The second kappa shape index (κ2) is 9.28. The topological polar surface area (TPSA) is 184 Å². The third kappa shape index (κ3) is 4.01. The number of carbonyl (C=O) groups excluding carboxylic acids is 1. The first-order valence-electron chi connectivity index (χ1n) is 10.1. The molecule has 1 atom stereocenters. The molecule has 0 unspecified atom stereocenters. The molecule has 0 fully saturated rings. The highest BCUT2D eigenvalue weighted by Gasteiger charge is 2.36. The molecule has 0 amide bonds. The minimum absolute atomic E-state index is 0.0801. The lowest BCUT2D eigenvalue weighted by atomic mass is 9.83. The van der Waals surface area contributed by atoms with Gasteiger partial charge in [0.25, 0.3) is 16.9 Å². The van der Waals surface area contributed by atoms with Crippen LogP contribution in [0.5, 0.6) is 0 Å². The molecule has 4 rings (SSSR count). The van der Waals surface area contributed by atoms with E-state index in [0.29, 0.717) is 5.56 Å². The number of esters is 1. The zero-order valence-electron chi connectivity index (χ0n) is 18.4. The number of hydrogen-bond acceptors (Lipinski definition) is 10. The SMILES string of the molecule is COC(=O)C1=c2s/c(=C/c3cccc([N+](=O)[O-])c3)c(=O)n2C(N)=C(C#N)[C@@H]1c1cccc([N+](=O)[O-])c1. The van der Waals surface area contributed by atoms with Gasteiger partial charge in [0, 0.05) is 24.3 Å². The van der Waals surface area contributed by atoms with Crippen molar-refractivity contribution in [2.45, 2.75) is 5.92 Å². The maximum atomic E-state index is 13.3. The molecule has 0 saturated carbocycles. The van der Waals surface area contributed by atoms with Gasteiger partial charge in [-0.25, -0.2) is 4.79 Å². The van der Waals surface area contributed by atoms with Gasteiger partial charge < -0.3 is 10.5 Å². The molecule has 0 bridgehead atoms. The maximum absolute atomic E-state index is 13.3. The Labute approximate surface area is 205 Å². The third-order valence-electron chi connectivity index (χ3n) is 5.47. The molecule has 1 aliphatic heterocycles. The van der Waals surface area contributed by atoms with Crippen LogP contribution in [0.3, 0.4) is 0 Å². The van der Waals surface area contributed by atoms with E-state index in [4.69, 9.17) is 10.5 Å². The first-order valence-corrected chi connectivity index (χ1v) is 10.9. The predicted octanol–water partition coefficient (Wildman–Crippen LogP) is 1.33. The Kier molecular flexibility index (Phi) is 6.20. The predicted molar refractivity (Wildman–Crippen MR) is 129 cm³/mol. The number of nitro benzene ring substituents is 2. The number of nitrogens with zero attached hydrogens (tertiary/aromatic N) is 4. The molecular weight excluding hydrogens is 490 g/mol. The molecule has 36 heavy (non-hydrogen) atoms. The minimum Gasteiger partial charge on any atom is -0.466 e. The van der Waals surface area contributed by atoms with Crippen LogP contribution in [0, 0.1) is 31.6 Å². The monoisotopic (exact) mass is 505 g/mol. The fourth-order valence-corrected chi connectivity index (χ4v) is 5.05. The molecule has 2 aromatic carbocycles. The van der Waals surface area contributed by atoms with Gasteiger partial charge in [-0.3, -0.25) is 29.6 Å². The molecule has 2 N–H and O–H groups in total. The van der Waals surface area contributed by atoms with Gasteiger partial charge in [0.15, 0.2) is 0 Å². The average molecular weight is 505 g/mol. The largest absolute Gasteiger partial charge is 0.466 e. The molecular formula is C23H15N5O7S. The van der Waals surface area contributed by atoms with Crippen molar-refractivity contribution >= 4 is 46.2 Å². The van der Waals surface area contributed by atoms with Crippen molar-refractivity contribution in [1.82, 2.24) is 4.57 Å². The quantitative estimate of drug-likeness (QED) is 0.303. The molecule has 180 valence electrons. The van der Waals surface area contributed by atoms with Crippen LogP contribution < -0.4 is 20.5 Å². The highest BCUT2D eigenvalue weighted by Crippen LogP contribution is 2.37. The fourth-order valence-electron chi connectivity index (χ4n) is 3.89. The summed E-state index contributed by atoms with van der Waals surface area (Å²) in [6.45, 7) is 0. The number of nitrogens with two attached hydrogens (primary N) is 1. The number of nitro groups is 2. The molecule has 0 aliphatic carbocycles. The van der Waals surface area contributed by atoms with Crippen molar-refractivity contribution in [2.24, 2.45) is 5.73 Å². The molecule has 0 saturated heterocycles. The van der Waals surface area contributed by atoms with Gasteiger partial charge in [-0.05, 0) is 17.2 Å².